The first kappa shape index (κ1) is 17.8. The van der Waals surface area contributed by atoms with Crippen LogP contribution in [-0.4, -0.2) is 43.9 Å². The Labute approximate surface area is 149 Å². The fourth-order valence-corrected chi connectivity index (χ4v) is 2.48. The van der Waals surface area contributed by atoms with Crippen molar-refractivity contribution in [2.24, 2.45) is 0 Å². The number of imidazole rings is 1. The molecule has 0 bridgehead atoms. The highest BCUT2D eigenvalue weighted by molar-refractivity contribution is 5.70. The Bertz CT molecular complexity index is 853. The number of aliphatic hydroxyl groups excluding tert-OH is 2. The van der Waals surface area contributed by atoms with E-state index in [1.54, 1.807) is 6.07 Å². The Kier molecular flexibility index (Phi) is 5.77. The molecule has 0 aliphatic carbocycles. The zero-order valence-corrected chi connectivity index (χ0v) is 14.0. The molecule has 0 aliphatic heterocycles. The number of fused-ring (bicyclic) bond motifs is 1. The fourth-order valence-electron chi connectivity index (χ4n) is 2.48. The summed E-state index contributed by atoms with van der Waals surface area (Å²) >= 11 is 0. The number of carbonyl (C=O) groups excluding carboxylic acids is 1. The van der Waals surface area contributed by atoms with E-state index in [-0.39, 0.29) is 19.6 Å². The molecular formula is C18H20N4O4. The molecule has 26 heavy (non-hydrogen) atoms. The number of aliphatic hydroxyl groups is 2. The molecule has 2 aromatic heterocycles. The molecule has 8 nitrogen and oxygen atoms in total. The van der Waals surface area contributed by atoms with Gasteiger partial charge in [-0.3, -0.25) is 0 Å². The van der Waals surface area contributed by atoms with Crippen molar-refractivity contribution < 1.29 is 19.7 Å². The predicted octanol–water partition coefficient (Wildman–Crippen LogP) is 1.67. The van der Waals surface area contributed by atoms with Gasteiger partial charge in [-0.15, -0.1) is 0 Å². The highest BCUT2D eigenvalue weighted by atomic mass is 16.5. The molecule has 3 rings (SSSR count). The first-order valence-electron chi connectivity index (χ1n) is 8.23. The highest BCUT2D eigenvalue weighted by Gasteiger charge is 2.19. The van der Waals surface area contributed by atoms with Gasteiger partial charge in [0.25, 0.3) is 0 Å². The molecule has 3 aromatic rings. The number of pyridine rings is 1. The van der Waals surface area contributed by atoms with Gasteiger partial charge in [-0.05, 0) is 18.1 Å². The van der Waals surface area contributed by atoms with E-state index in [4.69, 9.17) is 4.74 Å². The lowest BCUT2D eigenvalue weighted by molar-refractivity contribution is 0.0135. The van der Waals surface area contributed by atoms with Crippen molar-refractivity contribution >= 4 is 17.3 Å². The molecule has 2 heterocycles. The van der Waals surface area contributed by atoms with Crippen LogP contribution in [0.2, 0.25) is 0 Å². The first-order valence-corrected chi connectivity index (χ1v) is 8.23. The third-order valence-electron chi connectivity index (χ3n) is 3.92. The van der Waals surface area contributed by atoms with Crippen LogP contribution in [0.5, 0.6) is 0 Å². The Morgan fingerprint density at radius 1 is 1.23 bits per heavy atom. The van der Waals surface area contributed by atoms with E-state index in [1.807, 2.05) is 30.3 Å². The number of ether oxygens (including phenoxy) is 1. The van der Waals surface area contributed by atoms with Crippen molar-refractivity contribution in [1.82, 2.24) is 20.3 Å². The zero-order chi connectivity index (χ0) is 18.4. The minimum Gasteiger partial charge on any atom is -0.445 e. The second-order valence-corrected chi connectivity index (χ2v) is 5.83. The van der Waals surface area contributed by atoms with Crippen molar-refractivity contribution in [3.8, 4) is 0 Å². The van der Waals surface area contributed by atoms with Gasteiger partial charge in [-0.2, -0.15) is 0 Å². The summed E-state index contributed by atoms with van der Waals surface area (Å²) in [6, 6.07) is 11.0. The molecule has 0 spiro atoms. The number of hydrogen-bond donors (Lipinski definition) is 4. The molecule has 0 saturated carbocycles. The monoisotopic (exact) mass is 356 g/mol. The van der Waals surface area contributed by atoms with Crippen molar-refractivity contribution in [2.45, 2.75) is 25.2 Å². The molecule has 0 aliphatic rings. The van der Waals surface area contributed by atoms with Gasteiger partial charge in [0.2, 0.25) is 0 Å². The van der Waals surface area contributed by atoms with Crippen molar-refractivity contribution in [1.29, 1.82) is 0 Å². The van der Waals surface area contributed by atoms with Crippen LogP contribution in [0, 0.1) is 0 Å². The molecule has 0 fully saturated rings. The number of amides is 1. The average Bonchev–Trinajstić information content (AvgIpc) is 3.14. The van der Waals surface area contributed by atoms with Crippen LogP contribution < -0.4 is 5.32 Å². The van der Waals surface area contributed by atoms with Crippen LogP contribution >= 0.6 is 0 Å². The molecule has 8 heteroatoms. The maximum Gasteiger partial charge on any atom is 0.407 e. The average molecular weight is 356 g/mol. The van der Waals surface area contributed by atoms with Crippen LogP contribution in [-0.2, 0) is 11.3 Å². The molecule has 2 atom stereocenters. The summed E-state index contributed by atoms with van der Waals surface area (Å²) < 4.78 is 5.08. The van der Waals surface area contributed by atoms with E-state index in [0.29, 0.717) is 16.7 Å². The Morgan fingerprint density at radius 3 is 2.85 bits per heavy atom. The van der Waals surface area contributed by atoms with Crippen LogP contribution in [0.4, 0.5) is 4.79 Å². The van der Waals surface area contributed by atoms with Crippen LogP contribution in [0.1, 0.15) is 23.7 Å². The highest BCUT2D eigenvalue weighted by Crippen LogP contribution is 2.20. The number of nitrogens with one attached hydrogen (secondary N) is 2. The third-order valence-corrected chi connectivity index (χ3v) is 3.92. The molecular weight excluding hydrogens is 336 g/mol. The minimum atomic E-state index is -1.11. The number of hydrogen-bond acceptors (Lipinski definition) is 6. The summed E-state index contributed by atoms with van der Waals surface area (Å²) in [5.74, 6) is 0. The quantitative estimate of drug-likeness (QED) is 0.511. The molecule has 0 radical (unpaired) electrons. The number of benzene rings is 1. The van der Waals surface area contributed by atoms with Gasteiger partial charge in [0.05, 0.1) is 17.9 Å². The molecule has 1 amide bonds. The maximum absolute atomic E-state index is 11.7. The van der Waals surface area contributed by atoms with Crippen molar-refractivity contribution in [2.75, 3.05) is 6.54 Å². The number of H-pyrrole nitrogens is 1. The molecule has 2 unspecified atom stereocenters. The van der Waals surface area contributed by atoms with Gasteiger partial charge in [-0.25, -0.2) is 14.8 Å². The van der Waals surface area contributed by atoms with E-state index in [0.717, 1.165) is 5.56 Å². The number of aromatic amines is 1. The number of aromatic nitrogens is 3. The predicted molar refractivity (Wildman–Crippen MR) is 94.1 cm³/mol. The summed E-state index contributed by atoms with van der Waals surface area (Å²) in [5.41, 5.74) is 2.58. The molecule has 136 valence electrons. The normalized spacial score (nSPS) is 13.3. The number of rotatable bonds is 7. The minimum absolute atomic E-state index is 0.169. The second-order valence-electron chi connectivity index (χ2n) is 5.83. The van der Waals surface area contributed by atoms with Crippen LogP contribution in [0.15, 0.2) is 48.9 Å². The number of alkyl carbamates (subject to hydrolysis) is 1. The second kappa shape index (κ2) is 8.41. The number of nitrogens with zero attached hydrogens (tertiary/aromatic N) is 2. The van der Waals surface area contributed by atoms with Crippen molar-refractivity contribution in [3.05, 3.63) is 60.0 Å². The fraction of sp³-hybridized carbons (Fsp3) is 0.278. The summed E-state index contributed by atoms with van der Waals surface area (Å²) in [6.45, 7) is 0.347. The summed E-state index contributed by atoms with van der Waals surface area (Å²) in [7, 11) is 0. The Hall–Kier alpha value is -2.97. The zero-order valence-electron chi connectivity index (χ0n) is 14.0. The van der Waals surface area contributed by atoms with E-state index in [9.17, 15) is 15.0 Å². The summed E-state index contributed by atoms with van der Waals surface area (Å²) in [5, 5.41) is 22.9. The van der Waals surface area contributed by atoms with Crippen LogP contribution in [0.25, 0.3) is 11.2 Å². The van der Waals surface area contributed by atoms with Gasteiger partial charge < -0.3 is 25.3 Å². The molecule has 1 aromatic carbocycles. The topological polar surface area (TPSA) is 120 Å². The number of carbonyl (C=O) groups is 1. The van der Waals surface area contributed by atoms with E-state index in [2.05, 4.69) is 20.3 Å². The van der Waals surface area contributed by atoms with Crippen molar-refractivity contribution in [3.63, 3.8) is 0 Å². The van der Waals surface area contributed by atoms with Gasteiger partial charge in [0.1, 0.15) is 12.7 Å². The van der Waals surface area contributed by atoms with E-state index < -0.39 is 18.3 Å². The summed E-state index contributed by atoms with van der Waals surface area (Å²) in [4.78, 5) is 22.7. The standard InChI is InChI=1S/C18H20N4O4/c23-15(16(24)13-8-14-17(20-9-13)22-11-21-14)6-7-19-18(25)26-10-12-4-2-1-3-5-12/h1-5,8-9,11,15-16,23-24H,6-7,10H2,(H,19,25)(H,20,21,22). The maximum atomic E-state index is 11.7. The van der Waals surface area contributed by atoms with E-state index >= 15 is 0 Å². The van der Waals surface area contributed by atoms with Gasteiger partial charge in [0.15, 0.2) is 5.65 Å². The summed E-state index contributed by atoms with van der Waals surface area (Å²) in [6.07, 6.45) is 0.413. The Morgan fingerprint density at radius 2 is 2.04 bits per heavy atom. The van der Waals surface area contributed by atoms with E-state index in [1.165, 1.54) is 12.5 Å². The molecule has 0 saturated heterocycles. The largest absolute Gasteiger partial charge is 0.445 e. The van der Waals surface area contributed by atoms with Gasteiger partial charge in [0, 0.05) is 18.3 Å². The lowest BCUT2D eigenvalue weighted by Gasteiger charge is -2.18. The lowest BCUT2D eigenvalue weighted by atomic mass is 10.0. The Balaban J connectivity index is 1.42. The third kappa shape index (κ3) is 4.56. The molecule has 4 N–H and O–H groups in total. The van der Waals surface area contributed by atoms with Gasteiger partial charge >= 0.3 is 6.09 Å². The lowest BCUT2D eigenvalue weighted by Crippen LogP contribution is -2.29. The van der Waals surface area contributed by atoms with Gasteiger partial charge in [-0.1, -0.05) is 30.3 Å². The smallest absolute Gasteiger partial charge is 0.407 e. The first-order chi connectivity index (χ1) is 12.6. The van der Waals surface area contributed by atoms with Crippen LogP contribution in [0.3, 0.4) is 0 Å². The SMILES string of the molecule is O=C(NCCC(O)C(O)c1cnc2nc[nH]c2c1)OCc1ccccc1.